The number of hydrogen-bond donors (Lipinski definition) is 0. The molecule has 3 rings (SSSR count). The minimum atomic E-state index is -4.48. The highest BCUT2D eigenvalue weighted by molar-refractivity contribution is 7.89. The second-order valence-corrected chi connectivity index (χ2v) is 8.53. The third kappa shape index (κ3) is 5.42. The highest BCUT2D eigenvalue weighted by Crippen LogP contribution is 2.24. The predicted octanol–water partition coefficient (Wildman–Crippen LogP) is 0.717. The maximum Gasteiger partial charge on any atom is 0.390 e. The molecule has 0 saturated carbocycles. The Morgan fingerprint density at radius 2 is 1.70 bits per heavy atom. The number of hydrogen-bond acceptors (Lipinski definition) is 7. The topological polar surface area (TPSA) is 78.9 Å². The van der Waals surface area contributed by atoms with Crippen LogP contribution in [0.2, 0.25) is 0 Å². The van der Waals surface area contributed by atoms with Crippen molar-refractivity contribution in [3.8, 4) is 0 Å². The molecule has 0 radical (unpaired) electrons. The Hall–Kier alpha value is -1.66. The van der Waals surface area contributed by atoms with Crippen molar-refractivity contribution in [3.63, 3.8) is 0 Å². The fourth-order valence-corrected chi connectivity index (χ4v) is 4.53. The second-order valence-electron chi connectivity index (χ2n) is 6.44. The van der Waals surface area contributed by atoms with Gasteiger partial charge in [0, 0.05) is 45.3 Å². The number of alkyl halides is 3. The van der Waals surface area contributed by atoms with E-state index in [-0.39, 0.29) is 13.1 Å². The first-order chi connectivity index (χ1) is 12.7. The average Bonchev–Trinajstić information content (AvgIpc) is 2.67. The summed E-state index contributed by atoms with van der Waals surface area (Å²) in [5, 5.41) is 8.17. The standard InChI is InChI=1S/C15H22F3N5O3S/c16-15(17,18)1-10-27(24,25)23-4-2-21(3-5-23)13-11-14(20-19-12-13)22-6-8-26-9-7-22/h11-12H,1-10H2. The van der Waals surface area contributed by atoms with Crippen molar-refractivity contribution >= 4 is 21.5 Å². The summed E-state index contributed by atoms with van der Waals surface area (Å²) in [5.74, 6) is -0.176. The van der Waals surface area contributed by atoms with E-state index in [1.807, 2.05) is 11.0 Å². The zero-order valence-corrected chi connectivity index (χ0v) is 15.5. The highest BCUT2D eigenvalue weighted by Gasteiger charge is 2.33. The van der Waals surface area contributed by atoms with Crippen molar-refractivity contribution < 1.29 is 26.3 Å². The first kappa shape index (κ1) is 20.1. The molecule has 8 nitrogen and oxygen atoms in total. The maximum absolute atomic E-state index is 12.3. The lowest BCUT2D eigenvalue weighted by molar-refractivity contribution is -0.130. The molecule has 0 aliphatic carbocycles. The third-order valence-electron chi connectivity index (χ3n) is 4.60. The number of sulfonamides is 1. The summed E-state index contributed by atoms with van der Waals surface area (Å²) in [4.78, 5) is 4.03. The van der Waals surface area contributed by atoms with Gasteiger partial charge in [0.25, 0.3) is 0 Å². The van der Waals surface area contributed by atoms with Crippen LogP contribution in [0, 0.1) is 0 Å². The van der Waals surface area contributed by atoms with Crippen LogP contribution in [0.25, 0.3) is 0 Å². The van der Waals surface area contributed by atoms with Gasteiger partial charge < -0.3 is 14.5 Å². The van der Waals surface area contributed by atoms with Gasteiger partial charge in [0.15, 0.2) is 5.82 Å². The molecule has 1 aromatic rings. The molecule has 152 valence electrons. The Bertz CT molecular complexity index is 732. The van der Waals surface area contributed by atoms with Crippen LogP contribution in [0.3, 0.4) is 0 Å². The zero-order chi connectivity index (χ0) is 19.5. The largest absolute Gasteiger partial charge is 0.390 e. The van der Waals surface area contributed by atoms with Crippen LogP contribution in [0.15, 0.2) is 12.3 Å². The number of ether oxygens (including phenoxy) is 1. The van der Waals surface area contributed by atoms with E-state index >= 15 is 0 Å². The zero-order valence-electron chi connectivity index (χ0n) is 14.7. The van der Waals surface area contributed by atoms with E-state index in [4.69, 9.17) is 4.74 Å². The van der Waals surface area contributed by atoms with Crippen LogP contribution in [0.5, 0.6) is 0 Å². The molecule has 2 fully saturated rings. The monoisotopic (exact) mass is 409 g/mol. The van der Waals surface area contributed by atoms with Gasteiger partial charge in [-0.15, -0.1) is 5.10 Å². The molecule has 2 saturated heterocycles. The van der Waals surface area contributed by atoms with Crippen LogP contribution in [0.1, 0.15) is 6.42 Å². The van der Waals surface area contributed by atoms with Crippen molar-refractivity contribution in [1.29, 1.82) is 0 Å². The van der Waals surface area contributed by atoms with Gasteiger partial charge >= 0.3 is 6.18 Å². The summed E-state index contributed by atoms with van der Waals surface area (Å²) >= 11 is 0. The highest BCUT2D eigenvalue weighted by atomic mass is 32.2. The molecular formula is C15H22F3N5O3S. The molecule has 0 N–H and O–H groups in total. The third-order valence-corrected chi connectivity index (χ3v) is 6.47. The van der Waals surface area contributed by atoms with Crippen LogP contribution in [-0.4, -0.2) is 87.3 Å². The molecule has 2 aliphatic heterocycles. The van der Waals surface area contributed by atoms with Gasteiger partial charge in [-0.2, -0.15) is 22.6 Å². The lowest BCUT2D eigenvalue weighted by Crippen LogP contribution is -2.49. The van der Waals surface area contributed by atoms with E-state index in [0.29, 0.717) is 26.3 Å². The molecule has 1 aromatic heterocycles. The number of aromatic nitrogens is 2. The number of morpholine rings is 1. The van der Waals surface area contributed by atoms with E-state index in [1.165, 1.54) is 0 Å². The first-order valence-electron chi connectivity index (χ1n) is 8.69. The lowest BCUT2D eigenvalue weighted by atomic mass is 10.3. The Morgan fingerprint density at radius 3 is 2.33 bits per heavy atom. The van der Waals surface area contributed by atoms with Crippen LogP contribution >= 0.6 is 0 Å². The number of halogens is 3. The summed E-state index contributed by atoms with van der Waals surface area (Å²) < 4.78 is 67.6. The molecule has 0 bridgehead atoms. The van der Waals surface area contributed by atoms with Gasteiger partial charge in [0.1, 0.15) is 0 Å². The molecule has 3 heterocycles. The van der Waals surface area contributed by atoms with Crippen molar-refractivity contribution in [2.24, 2.45) is 0 Å². The number of nitrogens with zero attached hydrogens (tertiary/aromatic N) is 5. The minimum Gasteiger partial charge on any atom is -0.378 e. The van der Waals surface area contributed by atoms with Crippen molar-refractivity contribution in [2.75, 3.05) is 68.0 Å². The molecule has 0 atom stereocenters. The molecule has 0 unspecified atom stereocenters. The molecular weight excluding hydrogens is 387 g/mol. The first-order valence-corrected chi connectivity index (χ1v) is 10.3. The average molecular weight is 409 g/mol. The van der Waals surface area contributed by atoms with E-state index in [1.54, 1.807) is 6.20 Å². The minimum absolute atomic E-state index is 0.148. The molecule has 27 heavy (non-hydrogen) atoms. The van der Waals surface area contributed by atoms with Gasteiger partial charge in [-0.05, 0) is 0 Å². The molecule has 12 heteroatoms. The predicted molar refractivity (Wildman–Crippen MR) is 93.3 cm³/mol. The summed E-state index contributed by atoms with van der Waals surface area (Å²) in [5.41, 5.74) is 0.818. The fourth-order valence-electron chi connectivity index (χ4n) is 3.06. The molecule has 2 aliphatic rings. The summed E-state index contributed by atoms with van der Waals surface area (Å²) in [7, 11) is -3.91. The maximum atomic E-state index is 12.3. The number of piperazine rings is 1. The van der Waals surface area contributed by atoms with Crippen molar-refractivity contribution in [3.05, 3.63) is 12.3 Å². The fraction of sp³-hybridized carbons (Fsp3) is 0.733. The van der Waals surface area contributed by atoms with E-state index in [2.05, 4.69) is 15.1 Å². The number of rotatable bonds is 5. The van der Waals surface area contributed by atoms with Crippen molar-refractivity contribution in [2.45, 2.75) is 12.6 Å². The van der Waals surface area contributed by atoms with Gasteiger partial charge in [-0.3, -0.25) is 0 Å². The molecule has 0 spiro atoms. The second kappa shape index (κ2) is 8.15. The van der Waals surface area contributed by atoms with Gasteiger partial charge in [0.2, 0.25) is 10.0 Å². The van der Waals surface area contributed by atoms with Gasteiger partial charge in [-0.1, -0.05) is 0 Å². The normalized spacial score (nSPS) is 20.1. The van der Waals surface area contributed by atoms with Crippen LogP contribution in [-0.2, 0) is 14.8 Å². The Morgan fingerprint density at radius 1 is 1.04 bits per heavy atom. The number of anilines is 2. The van der Waals surface area contributed by atoms with Crippen LogP contribution < -0.4 is 9.80 Å². The van der Waals surface area contributed by atoms with E-state index in [0.717, 1.165) is 28.9 Å². The summed E-state index contributed by atoms with van der Waals surface area (Å²) in [6, 6.07) is 1.89. The SMILES string of the molecule is O=S(=O)(CCC(F)(F)F)N1CCN(c2cnnc(N3CCOCC3)c2)CC1. The van der Waals surface area contributed by atoms with Gasteiger partial charge in [0.05, 0.1) is 37.3 Å². The Kier molecular flexibility index (Phi) is 6.06. The van der Waals surface area contributed by atoms with Gasteiger partial charge in [-0.25, -0.2) is 8.42 Å². The molecule has 0 aromatic carbocycles. The van der Waals surface area contributed by atoms with E-state index < -0.39 is 28.4 Å². The quantitative estimate of drug-likeness (QED) is 0.709. The summed E-state index contributed by atoms with van der Waals surface area (Å²) in [6.07, 6.45) is -4.20. The van der Waals surface area contributed by atoms with E-state index in [9.17, 15) is 21.6 Å². The lowest BCUT2D eigenvalue weighted by Gasteiger charge is -2.35. The Labute approximate surface area is 155 Å². The Balaban J connectivity index is 1.59. The molecule has 0 amide bonds. The smallest absolute Gasteiger partial charge is 0.378 e. The summed E-state index contributed by atoms with van der Waals surface area (Å²) in [6.45, 7) is 3.78. The van der Waals surface area contributed by atoms with Crippen molar-refractivity contribution in [1.82, 2.24) is 14.5 Å². The van der Waals surface area contributed by atoms with Crippen LogP contribution in [0.4, 0.5) is 24.7 Å².